The normalized spacial score (nSPS) is 11.7. The number of nitrogens with zero attached hydrogens (tertiary/aromatic N) is 2. The van der Waals surface area contributed by atoms with Crippen molar-refractivity contribution in [2.24, 2.45) is 0 Å². The van der Waals surface area contributed by atoms with Gasteiger partial charge >= 0.3 is 6.18 Å². The molecule has 0 amide bonds. The highest BCUT2D eigenvalue weighted by molar-refractivity contribution is 5.59. The van der Waals surface area contributed by atoms with Gasteiger partial charge in [0.05, 0.1) is 6.61 Å². The molecule has 0 radical (unpaired) electrons. The Hall–Kier alpha value is -2.35. The van der Waals surface area contributed by atoms with E-state index in [4.69, 9.17) is 5.11 Å². The summed E-state index contributed by atoms with van der Waals surface area (Å²) in [6.45, 7) is 5.93. The monoisotopic (exact) mass is 354 g/mol. The van der Waals surface area contributed by atoms with Gasteiger partial charge in [-0.2, -0.15) is 18.2 Å². The Kier molecular flexibility index (Phi) is 5.84. The summed E-state index contributed by atoms with van der Waals surface area (Å²) in [4.78, 5) is 7.46. The van der Waals surface area contributed by atoms with Crippen molar-refractivity contribution < 1.29 is 18.3 Å². The zero-order valence-corrected chi connectivity index (χ0v) is 14.3. The van der Waals surface area contributed by atoms with Gasteiger partial charge in [-0.1, -0.05) is 19.9 Å². The van der Waals surface area contributed by atoms with Crippen LogP contribution in [-0.2, 0) is 6.18 Å². The number of aliphatic hydroxyl groups is 1. The maximum Gasteiger partial charge on any atom is 0.433 e. The second kappa shape index (κ2) is 7.69. The second-order valence-corrected chi connectivity index (χ2v) is 5.96. The van der Waals surface area contributed by atoms with Gasteiger partial charge in [0.1, 0.15) is 5.82 Å². The molecule has 0 bridgehead atoms. The fourth-order valence-electron chi connectivity index (χ4n) is 2.45. The first-order chi connectivity index (χ1) is 11.7. The molecule has 1 heterocycles. The Balaban J connectivity index is 2.33. The van der Waals surface area contributed by atoms with E-state index in [0.717, 1.165) is 11.6 Å². The average molecular weight is 354 g/mol. The number of aryl methyl sites for hydroxylation is 1. The lowest BCUT2D eigenvalue weighted by molar-refractivity contribution is -0.141. The Bertz CT molecular complexity index is 732. The molecule has 0 atom stereocenters. The van der Waals surface area contributed by atoms with Gasteiger partial charge in [-0.25, -0.2) is 4.98 Å². The van der Waals surface area contributed by atoms with E-state index in [9.17, 15) is 13.2 Å². The third kappa shape index (κ3) is 5.06. The predicted octanol–water partition coefficient (Wildman–Crippen LogP) is 4.08. The molecule has 1 aromatic heterocycles. The van der Waals surface area contributed by atoms with Gasteiger partial charge in [-0.05, 0) is 36.1 Å². The van der Waals surface area contributed by atoms with E-state index in [1.54, 1.807) is 6.07 Å². The van der Waals surface area contributed by atoms with E-state index in [-0.39, 0.29) is 24.9 Å². The van der Waals surface area contributed by atoms with Crippen LogP contribution in [0, 0.1) is 6.92 Å². The molecule has 136 valence electrons. The lowest BCUT2D eigenvalue weighted by Crippen LogP contribution is -2.15. The molecule has 0 spiro atoms. The van der Waals surface area contributed by atoms with E-state index < -0.39 is 11.9 Å². The number of alkyl halides is 3. The zero-order valence-electron chi connectivity index (χ0n) is 14.3. The number of anilines is 3. The molecule has 0 aliphatic rings. The maximum atomic E-state index is 13.0. The summed E-state index contributed by atoms with van der Waals surface area (Å²) < 4.78 is 39.1. The first-order valence-corrected chi connectivity index (χ1v) is 7.89. The summed E-state index contributed by atoms with van der Waals surface area (Å²) in [6, 6.07) is 6.47. The summed E-state index contributed by atoms with van der Waals surface area (Å²) in [7, 11) is 0. The first kappa shape index (κ1) is 19.0. The SMILES string of the molecule is Cc1cc(Nc2cc(C(F)(F)F)nc(NCCO)n2)ccc1C(C)C. The molecular formula is C17H21F3N4O. The molecule has 8 heteroatoms. The molecule has 0 saturated heterocycles. The van der Waals surface area contributed by atoms with Crippen LogP contribution in [-0.4, -0.2) is 28.2 Å². The van der Waals surface area contributed by atoms with Crippen molar-refractivity contribution in [1.82, 2.24) is 9.97 Å². The minimum Gasteiger partial charge on any atom is -0.395 e. The van der Waals surface area contributed by atoms with Gasteiger partial charge in [-0.3, -0.25) is 0 Å². The number of hydrogen-bond donors (Lipinski definition) is 3. The van der Waals surface area contributed by atoms with Crippen LogP contribution >= 0.6 is 0 Å². The van der Waals surface area contributed by atoms with Gasteiger partial charge < -0.3 is 15.7 Å². The predicted molar refractivity (Wildman–Crippen MR) is 91.2 cm³/mol. The van der Waals surface area contributed by atoms with Gasteiger partial charge in [0.15, 0.2) is 5.69 Å². The van der Waals surface area contributed by atoms with Gasteiger partial charge in [0.25, 0.3) is 0 Å². The standard InChI is InChI=1S/C17H21F3N4O/c1-10(2)13-5-4-12(8-11(13)3)22-15-9-14(17(18,19)20)23-16(24-15)21-6-7-25/h4-5,8-10,25H,6-7H2,1-3H3,(H2,21,22,23,24). The van der Waals surface area contributed by atoms with Crippen LogP contribution < -0.4 is 10.6 Å². The molecular weight excluding hydrogens is 333 g/mol. The molecule has 0 fully saturated rings. The molecule has 0 aliphatic heterocycles. The number of halogens is 3. The van der Waals surface area contributed by atoms with E-state index in [1.807, 2.05) is 19.1 Å². The summed E-state index contributed by atoms with van der Waals surface area (Å²) in [6.07, 6.45) is -4.59. The fraction of sp³-hybridized carbons (Fsp3) is 0.412. The van der Waals surface area contributed by atoms with E-state index in [1.165, 1.54) is 5.56 Å². The summed E-state index contributed by atoms with van der Waals surface area (Å²) in [5.41, 5.74) is 1.81. The van der Waals surface area contributed by atoms with E-state index >= 15 is 0 Å². The van der Waals surface area contributed by atoms with E-state index in [2.05, 4.69) is 34.4 Å². The molecule has 25 heavy (non-hydrogen) atoms. The van der Waals surface area contributed by atoms with Crippen molar-refractivity contribution in [3.63, 3.8) is 0 Å². The minimum absolute atomic E-state index is 0.0273. The Labute approximate surface area is 144 Å². The smallest absolute Gasteiger partial charge is 0.395 e. The van der Waals surface area contributed by atoms with Crippen molar-refractivity contribution in [3.05, 3.63) is 41.1 Å². The molecule has 2 rings (SSSR count). The highest BCUT2D eigenvalue weighted by Crippen LogP contribution is 2.31. The lowest BCUT2D eigenvalue weighted by Gasteiger charge is -2.14. The van der Waals surface area contributed by atoms with Crippen LogP contribution in [0.4, 0.5) is 30.6 Å². The average Bonchev–Trinajstić information content (AvgIpc) is 2.51. The van der Waals surface area contributed by atoms with Crippen molar-refractivity contribution in [2.75, 3.05) is 23.8 Å². The van der Waals surface area contributed by atoms with Crippen molar-refractivity contribution in [1.29, 1.82) is 0 Å². The van der Waals surface area contributed by atoms with Crippen LogP contribution in [0.3, 0.4) is 0 Å². The first-order valence-electron chi connectivity index (χ1n) is 7.89. The summed E-state index contributed by atoms with van der Waals surface area (Å²) in [5, 5.41) is 14.2. The largest absolute Gasteiger partial charge is 0.433 e. The van der Waals surface area contributed by atoms with E-state index in [0.29, 0.717) is 11.6 Å². The number of hydrogen-bond acceptors (Lipinski definition) is 5. The number of aliphatic hydroxyl groups excluding tert-OH is 1. The molecule has 0 saturated carbocycles. The molecule has 0 aliphatic carbocycles. The quantitative estimate of drug-likeness (QED) is 0.729. The number of aromatic nitrogens is 2. The van der Waals surface area contributed by atoms with Crippen LogP contribution in [0.5, 0.6) is 0 Å². The topological polar surface area (TPSA) is 70.1 Å². The third-order valence-electron chi connectivity index (χ3n) is 3.58. The molecule has 1 aromatic carbocycles. The van der Waals surface area contributed by atoms with Gasteiger partial charge in [0.2, 0.25) is 5.95 Å². The van der Waals surface area contributed by atoms with Crippen LogP contribution in [0.25, 0.3) is 0 Å². The molecule has 2 aromatic rings. The lowest BCUT2D eigenvalue weighted by atomic mass is 9.98. The Morgan fingerprint density at radius 1 is 1.16 bits per heavy atom. The van der Waals surface area contributed by atoms with Crippen molar-refractivity contribution >= 4 is 17.5 Å². The zero-order chi connectivity index (χ0) is 18.6. The van der Waals surface area contributed by atoms with Crippen LogP contribution in [0.2, 0.25) is 0 Å². The molecule has 0 unspecified atom stereocenters. The maximum absolute atomic E-state index is 13.0. The number of nitrogens with one attached hydrogen (secondary N) is 2. The third-order valence-corrected chi connectivity index (χ3v) is 3.58. The Morgan fingerprint density at radius 2 is 1.88 bits per heavy atom. The van der Waals surface area contributed by atoms with Crippen LogP contribution in [0.15, 0.2) is 24.3 Å². The van der Waals surface area contributed by atoms with Crippen molar-refractivity contribution in [2.45, 2.75) is 32.9 Å². The molecule has 3 N–H and O–H groups in total. The highest BCUT2D eigenvalue weighted by atomic mass is 19.4. The highest BCUT2D eigenvalue weighted by Gasteiger charge is 2.33. The fourth-order valence-corrected chi connectivity index (χ4v) is 2.45. The summed E-state index contributed by atoms with van der Waals surface area (Å²) in [5.74, 6) is 0.195. The summed E-state index contributed by atoms with van der Waals surface area (Å²) >= 11 is 0. The number of benzene rings is 1. The van der Waals surface area contributed by atoms with Crippen LogP contribution in [0.1, 0.15) is 36.6 Å². The molecule has 5 nitrogen and oxygen atoms in total. The minimum atomic E-state index is -4.59. The van der Waals surface area contributed by atoms with Crippen molar-refractivity contribution in [3.8, 4) is 0 Å². The number of rotatable bonds is 6. The van der Waals surface area contributed by atoms with Gasteiger partial charge in [-0.15, -0.1) is 0 Å². The van der Waals surface area contributed by atoms with Gasteiger partial charge in [0, 0.05) is 18.3 Å². The Morgan fingerprint density at radius 3 is 2.44 bits per heavy atom. The second-order valence-electron chi connectivity index (χ2n) is 5.96.